The molecule has 0 aromatic heterocycles. The molecule has 9 heteroatoms. The lowest BCUT2D eigenvalue weighted by Gasteiger charge is -2.09. The molecule has 2 amide bonds. The molecule has 0 radical (unpaired) electrons. The van der Waals surface area contributed by atoms with Crippen LogP contribution in [0, 0.1) is 0 Å². The highest BCUT2D eigenvalue weighted by molar-refractivity contribution is 6.35. The van der Waals surface area contributed by atoms with Crippen LogP contribution in [0.1, 0.15) is 15.9 Å². The van der Waals surface area contributed by atoms with Crippen molar-refractivity contribution < 1.29 is 22.8 Å². The number of halogens is 5. The number of carbonyl (C=O) groups is 2. The van der Waals surface area contributed by atoms with E-state index >= 15 is 0 Å². The van der Waals surface area contributed by atoms with Crippen LogP contribution in [-0.2, 0) is 11.0 Å². The van der Waals surface area contributed by atoms with Crippen LogP contribution in [0.25, 0.3) is 0 Å². The van der Waals surface area contributed by atoms with Crippen LogP contribution in [0.5, 0.6) is 0 Å². The van der Waals surface area contributed by atoms with Gasteiger partial charge >= 0.3 is 6.18 Å². The molecule has 0 saturated heterocycles. The lowest BCUT2D eigenvalue weighted by atomic mass is 10.1. The van der Waals surface area contributed by atoms with Crippen molar-refractivity contribution in [1.82, 2.24) is 5.32 Å². The topological polar surface area (TPSA) is 58.2 Å². The summed E-state index contributed by atoms with van der Waals surface area (Å²) < 4.78 is 37.4. The van der Waals surface area contributed by atoms with Gasteiger partial charge in [0.25, 0.3) is 5.91 Å². The first-order valence-electron chi connectivity index (χ1n) is 6.86. The van der Waals surface area contributed by atoms with Gasteiger partial charge in [-0.05, 0) is 42.5 Å². The van der Waals surface area contributed by atoms with Crippen molar-refractivity contribution in [3.8, 4) is 0 Å². The normalized spacial score (nSPS) is 11.1. The maximum Gasteiger partial charge on any atom is 0.416 e. The van der Waals surface area contributed by atoms with Gasteiger partial charge in [-0.15, -0.1) is 0 Å². The number of anilines is 1. The smallest absolute Gasteiger partial charge is 0.343 e. The number of nitrogens with one attached hydrogen (secondary N) is 2. The summed E-state index contributed by atoms with van der Waals surface area (Å²) in [4.78, 5) is 23.7. The van der Waals surface area contributed by atoms with Crippen LogP contribution >= 0.6 is 23.2 Å². The Hall–Kier alpha value is -2.25. The van der Waals surface area contributed by atoms with E-state index in [0.717, 1.165) is 24.3 Å². The summed E-state index contributed by atoms with van der Waals surface area (Å²) in [5.74, 6) is -1.22. The predicted molar refractivity (Wildman–Crippen MR) is 88.9 cm³/mol. The quantitative estimate of drug-likeness (QED) is 0.813. The molecule has 2 rings (SSSR count). The van der Waals surface area contributed by atoms with E-state index in [2.05, 4.69) is 10.6 Å². The van der Waals surface area contributed by atoms with Crippen LogP contribution < -0.4 is 10.6 Å². The molecular formula is C16H11Cl2F3N2O2. The van der Waals surface area contributed by atoms with Crippen molar-refractivity contribution in [2.75, 3.05) is 11.9 Å². The third kappa shape index (κ3) is 5.65. The van der Waals surface area contributed by atoms with Gasteiger partial charge in [-0.25, -0.2) is 0 Å². The Morgan fingerprint density at radius 2 is 1.52 bits per heavy atom. The van der Waals surface area contributed by atoms with Gasteiger partial charge in [-0.1, -0.05) is 23.2 Å². The van der Waals surface area contributed by atoms with Crippen molar-refractivity contribution in [3.63, 3.8) is 0 Å². The van der Waals surface area contributed by atoms with Crippen molar-refractivity contribution in [3.05, 3.63) is 63.6 Å². The Kier molecular flexibility index (Phi) is 5.92. The molecule has 0 fully saturated rings. The largest absolute Gasteiger partial charge is 0.416 e. The Morgan fingerprint density at radius 3 is 2.04 bits per heavy atom. The lowest BCUT2D eigenvalue weighted by Crippen LogP contribution is -2.32. The van der Waals surface area contributed by atoms with Crippen LogP contribution in [0.3, 0.4) is 0 Å². The zero-order valence-electron chi connectivity index (χ0n) is 12.5. The third-order valence-electron chi connectivity index (χ3n) is 3.03. The van der Waals surface area contributed by atoms with E-state index in [4.69, 9.17) is 23.2 Å². The SMILES string of the molecule is O=C(CNC(=O)c1ccc(C(F)(F)F)cc1)Nc1cc(Cl)cc(Cl)c1. The van der Waals surface area contributed by atoms with E-state index in [-0.39, 0.29) is 12.1 Å². The number of amides is 2. The summed E-state index contributed by atoms with van der Waals surface area (Å²) >= 11 is 11.6. The fourth-order valence-corrected chi connectivity index (χ4v) is 2.43. The van der Waals surface area contributed by atoms with Crippen LogP contribution in [0.15, 0.2) is 42.5 Å². The molecule has 0 aliphatic heterocycles. The first kappa shape index (κ1) is 19.1. The number of benzene rings is 2. The maximum atomic E-state index is 12.5. The Balaban J connectivity index is 1.91. The first-order chi connectivity index (χ1) is 11.6. The maximum absolute atomic E-state index is 12.5. The number of rotatable bonds is 4. The molecule has 0 atom stereocenters. The van der Waals surface area contributed by atoms with Crippen molar-refractivity contribution in [2.45, 2.75) is 6.18 Å². The second-order valence-corrected chi connectivity index (χ2v) is 5.84. The van der Waals surface area contributed by atoms with Gasteiger partial charge in [-0.2, -0.15) is 13.2 Å². The van der Waals surface area contributed by atoms with Gasteiger partial charge < -0.3 is 10.6 Å². The first-order valence-corrected chi connectivity index (χ1v) is 7.62. The standard InChI is InChI=1S/C16H11Cl2F3N2O2/c17-11-5-12(18)7-13(6-11)23-14(24)8-22-15(25)9-1-3-10(4-2-9)16(19,20)21/h1-7H,8H2,(H,22,25)(H,23,24). The minimum Gasteiger partial charge on any atom is -0.343 e. The monoisotopic (exact) mass is 390 g/mol. The third-order valence-corrected chi connectivity index (χ3v) is 3.47. The zero-order chi connectivity index (χ0) is 18.6. The van der Waals surface area contributed by atoms with E-state index in [1.54, 1.807) is 0 Å². The van der Waals surface area contributed by atoms with Crippen LogP contribution in [0.2, 0.25) is 10.0 Å². The van der Waals surface area contributed by atoms with Gasteiger partial charge in [0.2, 0.25) is 5.91 Å². The van der Waals surface area contributed by atoms with E-state index in [1.807, 2.05) is 0 Å². The van der Waals surface area contributed by atoms with Crippen molar-refractivity contribution >= 4 is 40.7 Å². The molecular weight excluding hydrogens is 380 g/mol. The minimum atomic E-state index is -4.48. The Morgan fingerprint density at radius 1 is 0.960 bits per heavy atom. The van der Waals surface area contributed by atoms with Gasteiger partial charge in [-0.3, -0.25) is 9.59 Å². The van der Waals surface area contributed by atoms with Crippen molar-refractivity contribution in [1.29, 1.82) is 0 Å². The average molecular weight is 391 g/mol. The van der Waals surface area contributed by atoms with Gasteiger partial charge in [0.05, 0.1) is 12.1 Å². The molecule has 0 aliphatic rings. The fraction of sp³-hybridized carbons (Fsp3) is 0.125. The number of carbonyl (C=O) groups excluding carboxylic acids is 2. The van der Waals surface area contributed by atoms with E-state index in [0.29, 0.717) is 15.7 Å². The molecule has 25 heavy (non-hydrogen) atoms. The summed E-state index contributed by atoms with van der Waals surface area (Å²) in [7, 11) is 0. The highest BCUT2D eigenvalue weighted by atomic mass is 35.5. The molecule has 0 saturated carbocycles. The number of hydrogen-bond acceptors (Lipinski definition) is 2. The summed E-state index contributed by atoms with van der Waals surface area (Å²) in [6.45, 7) is -0.371. The number of alkyl halides is 3. The second kappa shape index (κ2) is 7.76. The molecule has 0 spiro atoms. The summed E-state index contributed by atoms with van der Waals surface area (Å²) in [6, 6.07) is 8.10. The van der Waals surface area contributed by atoms with Gasteiger partial charge in [0, 0.05) is 21.3 Å². The van der Waals surface area contributed by atoms with E-state index in [9.17, 15) is 22.8 Å². The lowest BCUT2D eigenvalue weighted by molar-refractivity contribution is -0.137. The molecule has 2 aromatic rings. The molecule has 0 aliphatic carbocycles. The van der Waals surface area contributed by atoms with E-state index < -0.39 is 23.6 Å². The highest BCUT2D eigenvalue weighted by Crippen LogP contribution is 2.29. The summed E-state index contributed by atoms with van der Waals surface area (Å²) in [5.41, 5.74) is -0.502. The van der Waals surface area contributed by atoms with Crippen LogP contribution in [-0.4, -0.2) is 18.4 Å². The molecule has 2 aromatic carbocycles. The molecule has 4 nitrogen and oxygen atoms in total. The zero-order valence-corrected chi connectivity index (χ0v) is 14.0. The Bertz CT molecular complexity index is 773. The summed E-state index contributed by atoms with van der Waals surface area (Å²) in [5, 5.41) is 5.46. The molecule has 2 N–H and O–H groups in total. The predicted octanol–water partition coefficient (Wildman–Crippen LogP) is 4.38. The van der Waals surface area contributed by atoms with Crippen molar-refractivity contribution in [2.24, 2.45) is 0 Å². The van der Waals surface area contributed by atoms with E-state index in [1.165, 1.54) is 18.2 Å². The van der Waals surface area contributed by atoms with Gasteiger partial charge in [0.15, 0.2) is 0 Å². The average Bonchev–Trinajstić information content (AvgIpc) is 2.51. The molecule has 132 valence electrons. The Labute approximate surface area is 150 Å². The molecule has 0 bridgehead atoms. The highest BCUT2D eigenvalue weighted by Gasteiger charge is 2.30. The molecule has 0 heterocycles. The summed E-state index contributed by atoms with van der Waals surface area (Å²) in [6.07, 6.45) is -4.48. The van der Waals surface area contributed by atoms with Crippen LogP contribution in [0.4, 0.5) is 18.9 Å². The second-order valence-electron chi connectivity index (χ2n) is 4.96. The van der Waals surface area contributed by atoms with Gasteiger partial charge in [0.1, 0.15) is 0 Å². The molecule has 0 unspecified atom stereocenters. The fourth-order valence-electron chi connectivity index (χ4n) is 1.90. The minimum absolute atomic E-state index is 0.00611. The number of hydrogen-bond donors (Lipinski definition) is 2.